The molecule has 0 saturated heterocycles. The Morgan fingerprint density at radius 1 is 0.739 bits per heavy atom. The highest BCUT2D eigenvalue weighted by atomic mass is 28.3. The molecule has 0 amide bonds. The Kier molecular flexibility index (Phi) is 9.93. The fraction of sp³-hybridized carbons (Fsp3) is 0.341. The zero-order valence-electron chi connectivity index (χ0n) is 28.3. The number of methoxy groups -OCH3 is 1. The van der Waals surface area contributed by atoms with Crippen LogP contribution in [0, 0.1) is 10.8 Å². The Balaban J connectivity index is 1.60. The first-order chi connectivity index (χ1) is 21.9. The van der Waals surface area contributed by atoms with E-state index in [0.29, 0.717) is 5.76 Å². The van der Waals surface area contributed by atoms with Gasteiger partial charge >= 0.3 is 5.97 Å². The van der Waals surface area contributed by atoms with Gasteiger partial charge in [0.05, 0.1) is 13.2 Å². The van der Waals surface area contributed by atoms with Gasteiger partial charge in [0.1, 0.15) is 11.9 Å². The molecule has 0 bridgehead atoms. The van der Waals surface area contributed by atoms with Crippen LogP contribution in [0.4, 0.5) is 0 Å². The first-order valence-corrected chi connectivity index (χ1v) is 18.5. The van der Waals surface area contributed by atoms with Crippen molar-refractivity contribution in [1.29, 1.82) is 0 Å². The third-order valence-corrected chi connectivity index (χ3v) is 14.1. The Morgan fingerprint density at radius 3 is 1.61 bits per heavy atom. The van der Waals surface area contributed by atoms with Crippen molar-refractivity contribution in [3.8, 4) is 5.75 Å². The molecule has 46 heavy (non-hydrogen) atoms. The predicted octanol–water partition coefficient (Wildman–Crippen LogP) is 7.63. The van der Waals surface area contributed by atoms with E-state index in [1.165, 1.54) is 15.6 Å². The largest absolute Gasteiger partial charge is 0.497 e. The van der Waals surface area contributed by atoms with Crippen molar-refractivity contribution >= 4 is 29.6 Å². The van der Waals surface area contributed by atoms with Gasteiger partial charge in [0.2, 0.25) is 5.76 Å². The minimum absolute atomic E-state index is 0.0241. The van der Waals surface area contributed by atoms with E-state index < -0.39 is 14.0 Å². The normalized spacial score (nSPS) is 17.2. The molecule has 0 N–H and O–H groups in total. The molecule has 1 aliphatic rings. The molecule has 0 saturated carbocycles. The first kappa shape index (κ1) is 33.3. The average Bonchev–Trinajstić information content (AvgIpc) is 3.06. The minimum atomic E-state index is -2.64. The molecule has 2 atom stereocenters. The Labute approximate surface area is 276 Å². The molecule has 5 rings (SSSR count). The van der Waals surface area contributed by atoms with Gasteiger partial charge in [-0.3, -0.25) is 0 Å². The van der Waals surface area contributed by atoms with Crippen LogP contribution in [0.2, 0.25) is 6.04 Å². The molecular formula is C41H48O4Si. The summed E-state index contributed by atoms with van der Waals surface area (Å²) < 4.78 is 18.6. The predicted molar refractivity (Wildman–Crippen MR) is 191 cm³/mol. The maximum atomic E-state index is 14.1. The van der Waals surface area contributed by atoms with E-state index in [1.54, 1.807) is 7.11 Å². The highest BCUT2D eigenvalue weighted by Crippen LogP contribution is 2.39. The highest BCUT2D eigenvalue weighted by Gasteiger charge is 2.45. The summed E-state index contributed by atoms with van der Waals surface area (Å²) in [6, 6.07) is 41.5. The molecule has 5 heteroatoms. The summed E-state index contributed by atoms with van der Waals surface area (Å²) in [7, 11) is -0.961. The maximum absolute atomic E-state index is 14.1. The molecule has 0 radical (unpaired) electrons. The zero-order chi connectivity index (χ0) is 33.0. The SMILES string of the molecule is COc1ccc([C@@H]2C=C(C(=O)OC(C(C)(C)C)C(C)(C)C)O[C@H](C[Si](c3ccccc3)(c3ccccc3)c3ccccc3)C2)cc1. The lowest BCUT2D eigenvalue weighted by molar-refractivity contribution is -0.164. The molecular weight excluding hydrogens is 585 g/mol. The average molecular weight is 633 g/mol. The number of esters is 1. The van der Waals surface area contributed by atoms with Crippen molar-refractivity contribution in [1.82, 2.24) is 0 Å². The summed E-state index contributed by atoms with van der Waals surface area (Å²) in [4.78, 5) is 14.1. The first-order valence-electron chi connectivity index (χ1n) is 16.3. The lowest BCUT2D eigenvalue weighted by Crippen LogP contribution is -2.68. The number of allylic oxidation sites excluding steroid dienone is 1. The summed E-state index contributed by atoms with van der Waals surface area (Å²) in [6.45, 7) is 12.7. The quantitative estimate of drug-likeness (QED) is 0.108. The van der Waals surface area contributed by atoms with Gasteiger partial charge in [0.15, 0.2) is 8.07 Å². The molecule has 4 aromatic carbocycles. The van der Waals surface area contributed by atoms with Gasteiger partial charge in [-0.25, -0.2) is 4.79 Å². The van der Waals surface area contributed by atoms with E-state index in [2.05, 4.69) is 145 Å². The van der Waals surface area contributed by atoms with E-state index in [-0.39, 0.29) is 29.0 Å². The van der Waals surface area contributed by atoms with Gasteiger partial charge in [-0.2, -0.15) is 0 Å². The van der Waals surface area contributed by atoms with Crippen LogP contribution < -0.4 is 20.3 Å². The molecule has 0 unspecified atom stereocenters. The van der Waals surface area contributed by atoms with Gasteiger partial charge in [0.25, 0.3) is 0 Å². The van der Waals surface area contributed by atoms with Gasteiger partial charge in [-0.15, -0.1) is 0 Å². The Bertz CT molecular complexity index is 1490. The fourth-order valence-electron chi connectivity index (χ4n) is 7.31. The Hall–Kier alpha value is -4.09. The summed E-state index contributed by atoms with van der Waals surface area (Å²) in [5.41, 5.74) is 0.635. The van der Waals surface area contributed by atoms with Crippen molar-refractivity contribution in [2.75, 3.05) is 7.11 Å². The number of rotatable bonds is 9. The van der Waals surface area contributed by atoms with Crippen LogP contribution in [0.5, 0.6) is 5.75 Å². The van der Waals surface area contributed by atoms with E-state index in [9.17, 15) is 4.79 Å². The van der Waals surface area contributed by atoms with Crippen LogP contribution in [0.15, 0.2) is 127 Å². The minimum Gasteiger partial charge on any atom is -0.497 e. The van der Waals surface area contributed by atoms with Gasteiger partial charge < -0.3 is 14.2 Å². The maximum Gasteiger partial charge on any atom is 0.373 e. The van der Waals surface area contributed by atoms with Crippen molar-refractivity contribution in [3.63, 3.8) is 0 Å². The number of hydrogen-bond acceptors (Lipinski definition) is 4. The number of carbonyl (C=O) groups excluding carboxylic acids is 1. The van der Waals surface area contributed by atoms with Crippen LogP contribution in [0.25, 0.3) is 0 Å². The standard InChI is InChI=1S/C41H48O4Si/c1-40(2,3)39(41(4,5)6)45-38(42)37-28-31(30-23-25-32(43-7)26-24-30)27-33(44-37)29-46(34-17-11-8-12-18-34,35-19-13-9-14-20-35)36-21-15-10-16-22-36/h8-26,28,31,33,39H,27,29H2,1-7H3/t31-,33-/m0/s1. The van der Waals surface area contributed by atoms with Crippen LogP contribution in [0.3, 0.4) is 0 Å². The summed E-state index contributed by atoms with van der Waals surface area (Å²) >= 11 is 0. The molecule has 1 heterocycles. The monoisotopic (exact) mass is 632 g/mol. The highest BCUT2D eigenvalue weighted by molar-refractivity contribution is 7.11. The second kappa shape index (κ2) is 13.7. The fourth-order valence-corrected chi connectivity index (χ4v) is 12.2. The molecule has 0 spiro atoms. The topological polar surface area (TPSA) is 44.8 Å². The van der Waals surface area contributed by atoms with Gasteiger partial charge in [-0.05, 0) is 62.6 Å². The van der Waals surface area contributed by atoms with E-state index >= 15 is 0 Å². The number of hydrogen-bond donors (Lipinski definition) is 0. The van der Waals surface area contributed by atoms with Crippen LogP contribution in [0.1, 0.15) is 59.4 Å². The third kappa shape index (κ3) is 7.31. The van der Waals surface area contributed by atoms with Gasteiger partial charge in [0, 0.05) is 5.92 Å². The second-order valence-corrected chi connectivity index (χ2v) is 18.6. The van der Waals surface area contributed by atoms with Crippen LogP contribution in [-0.2, 0) is 14.3 Å². The second-order valence-electron chi connectivity index (χ2n) is 14.6. The zero-order valence-corrected chi connectivity index (χ0v) is 29.3. The Morgan fingerprint density at radius 2 is 1.20 bits per heavy atom. The van der Waals surface area contributed by atoms with Crippen LogP contribution >= 0.6 is 0 Å². The smallest absolute Gasteiger partial charge is 0.373 e. The molecule has 4 nitrogen and oxygen atoms in total. The molecule has 4 aromatic rings. The van der Waals surface area contributed by atoms with E-state index in [0.717, 1.165) is 23.8 Å². The third-order valence-electron chi connectivity index (χ3n) is 9.04. The van der Waals surface area contributed by atoms with Crippen molar-refractivity contribution in [3.05, 3.63) is 133 Å². The van der Waals surface area contributed by atoms with Crippen molar-refractivity contribution in [2.45, 2.75) is 72.1 Å². The molecule has 240 valence electrons. The summed E-state index contributed by atoms with van der Waals surface area (Å²) in [5, 5.41) is 3.95. The molecule has 0 aromatic heterocycles. The lowest BCUT2D eigenvalue weighted by atomic mass is 9.74. The van der Waals surface area contributed by atoms with E-state index in [1.807, 2.05) is 18.2 Å². The number of carbonyl (C=O) groups is 1. The van der Waals surface area contributed by atoms with Crippen molar-refractivity contribution < 1.29 is 19.0 Å². The lowest BCUT2D eigenvalue weighted by Gasteiger charge is -2.41. The molecule has 1 aliphatic heterocycles. The number of ether oxygens (including phenoxy) is 3. The summed E-state index contributed by atoms with van der Waals surface area (Å²) in [6.07, 6.45) is 2.18. The van der Waals surface area contributed by atoms with Crippen LogP contribution in [-0.4, -0.2) is 33.4 Å². The van der Waals surface area contributed by atoms with Crippen molar-refractivity contribution in [2.24, 2.45) is 10.8 Å². The summed E-state index contributed by atoms with van der Waals surface area (Å²) in [5.74, 6) is 0.680. The van der Waals surface area contributed by atoms with E-state index in [4.69, 9.17) is 14.2 Å². The molecule has 0 fully saturated rings. The number of benzene rings is 4. The van der Waals surface area contributed by atoms with Gasteiger partial charge in [-0.1, -0.05) is 145 Å². The molecule has 0 aliphatic carbocycles.